The molecule has 0 aromatic rings. The molecule has 0 saturated carbocycles. The molecule has 0 amide bonds. The van der Waals surface area contributed by atoms with Crippen molar-refractivity contribution in [2.24, 2.45) is 0 Å². The van der Waals surface area contributed by atoms with Crippen molar-refractivity contribution in [2.75, 3.05) is 0 Å². The summed E-state index contributed by atoms with van der Waals surface area (Å²) in [6.07, 6.45) is 4.60. The summed E-state index contributed by atoms with van der Waals surface area (Å²) >= 11 is 0. The first kappa shape index (κ1) is 9.66. The Bertz CT molecular complexity index is 101. The SMILES string of the molecule is C=CC(C)(CCCC)OO. The largest absolute Gasteiger partial charge is 0.251 e. The second-order valence-electron chi connectivity index (χ2n) is 2.71. The van der Waals surface area contributed by atoms with Gasteiger partial charge in [0.05, 0.1) is 0 Å². The van der Waals surface area contributed by atoms with Gasteiger partial charge in [-0.2, -0.15) is 0 Å². The number of hydrogen-bond acceptors (Lipinski definition) is 2. The van der Waals surface area contributed by atoms with Gasteiger partial charge < -0.3 is 0 Å². The summed E-state index contributed by atoms with van der Waals surface area (Å²) in [7, 11) is 0. The first-order chi connectivity index (χ1) is 4.68. The topological polar surface area (TPSA) is 29.5 Å². The highest BCUT2D eigenvalue weighted by molar-refractivity contribution is 4.92. The predicted molar refractivity (Wildman–Crippen MR) is 41.8 cm³/mol. The van der Waals surface area contributed by atoms with Gasteiger partial charge >= 0.3 is 0 Å². The first-order valence-electron chi connectivity index (χ1n) is 3.64. The van der Waals surface area contributed by atoms with E-state index < -0.39 is 5.60 Å². The zero-order valence-corrected chi connectivity index (χ0v) is 6.76. The van der Waals surface area contributed by atoms with Crippen molar-refractivity contribution < 1.29 is 10.1 Å². The van der Waals surface area contributed by atoms with Crippen molar-refractivity contribution in [3.63, 3.8) is 0 Å². The Labute approximate surface area is 62.4 Å². The third-order valence-electron chi connectivity index (χ3n) is 1.67. The maximum Gasteiger partial charge on any atom is 0.118 e. The van der Waals surface area contributed by atoms with Crippen LogP contribution in [0.25, 0.3) is 0 Å². The van der Waals surface area contributed by atoms with Crippen LogP contribution in [-0.2, 0) is 4.89 Å². The Morgan fingerprint density at radius 3 is 2.60 bits per heavy atom. The third kappa shape index (κ3) is 2.99. The van der Waals surface area contributed by atoms with E-state index in [1.807, 2.05) is 6.92 Å². The van der Waals surface area contributed by atoms with Crippen LogP contribution in [0, 0.1) is 0 Å². The van der Waals surface area contributed by atoms with Crippen LogP contribution < -0.4 is 0 Å². The summed E-state index contributed by atoms with van der Waals surface area (Å²) < 4.78 is 0. The van der Waals surface area contributed by atoms with Crippen LogP contribution in [0.2, 0.25) is 0 Å². The van der Waals surface area contributed by atoms with E-state index >= 15 is 0 Å². The Kier molecular flexibility index (Phi) is 4.32. The average molecular weight is 144 g/mol. The summed E-state index contributed by atoms with van der Waals surface area (Å²) in [4.78, 5) is 4.27. The van der Waals surface area contributed by atoms with Crippen molar-refractivity contribution >= 4 is 0 Å². The molecule has 0 aliphatic carbocycles. The molecule has 2 nitrogen and oxygen atoms in total. The van der Waals surface area contributed by atoms with E-state index in [0.717, 1.165) is 19.3 Å². The second-order valence-corrected chi connectivity index (χ2v) is 2.71. The van der Waals surface area contributed by atoms with Crippen LogP contribution in [-0.4, -0.2) is 10.9 Å². The standard InChI is InChI=1S/C8H16O2/c1-4-6-7-8(3,5-2)10-9/h5,9H,2,4,6-7H2,1,3H3. The average Bonchev–Trinajstić information content (AvgIpc) is 2.00. The van der Waals surface area contributed by atoms with Crippen molar-refractivity contribution in [1.29, 1.82) is 0 Å². The number of hydrogen-bond donors (Lipinski definition) is 1. The van der Waals surface area contributed by atoms with Crippen LogP contribution in [0.4, 0.5) is 0 Å². The van der Waals surface area contributed by atoms with Gasteiger partial charge in [-0.05, 0) is 13.3 Å². The van der Waals surface area contributed by atoms with Crippen LogP contribution >= 0.6 is 0 Å². The maximum atomic E-state index is 8.44. The molecule has 60 valence electrons. The Morgan fingerprint density at radius 1 is 1.70 bits per heavy atom. The fraction of sp³-hybridized carbons (Fsp3) is 0.750. The predicted octanol–water partition coefficient (Wildman–Crippen LogP) is 2.61. The van der Waals surface area contributed by atoms with E-state index in [0.29, 0.717) is 0 Å². The van der Waals surface area contributed by atoms with Crippen LogP contribution in [0.1, 0.15) is 33.1 Å². The van der Waals surface area contributed by atoms with E-state index in [4.69, 9.17) is 5.26 Å². The minimum Gasteiger partial charge on any atom is -0.251 e. The molecule has 2 heteroatoms. The fourth-order valence-corrected chi connectivity index (χ4v) is 0.713. The van der Waals surface area contributed by atoms with E-state index in [2.05, 4.69) is 18.4 Å². The van der Waals surface area contributed by atoms with Crippen molar-refractivity contribution in [3.8, 4) is 0 Å². The Morgan fingerprint density at radius 2 is 2.30 bits per heavy atom. The maximum absolute atomic E-state index is 8.44. The molecule has 0 radical (unpaired) electrons. The van der Waals surface area contributed by atoms with Gasteiger partial charge in [0, 0.05) is 0 Å². The summed E-state index contributed by atoms with van der Waals surface area (Å²) in [6, 6.07) is 0. The zero-order valence-electron chi connectivity index (χ0n) is 6.76. The summed E-state index contributed by atoms with van der Waals surface area (Å²) in [5.41, 5.74) is -0.546. The van der Waals surface area contributed by atoms with Gasteiger partial charge in [0.1, 0.15) is 5.60 Å². The van der Waals surface area contributed by atoms with Crippen molar-refractivity contribution in [1.82, 2.24) is 0 Å². The van der Waals surface area contributed by atoms with Crippen molar-refractivity contribution in [2.45, 2.75) is 38.7 Å². The molecule has 0 aliphatic rings. The normalized spacial score (nSPS) is 16.3. The molecule has 0 aromatic carbocycles. The first-order valence-corrected chi connectivity index (χ1v) is 3.64. The van der Waals surface area contributed by atoms with Crippen LogP contribution in [0.3, 0.4) is 0 Å². The molecule has 10 heavy (non-hydrogen) atoms. The van der Waals surface area contributed by atoms with E-state index in [1.54, 1.807) is 6.08 Å². The zero-order chi connectivity index (χ0) is 8.04. The van der Waals surface area contributed by atoms with Crippen LogP contribution in [0.15, 0.2) is 12.7 Å². The Hall–Kier alpha value is -0.340. The summed E-state index contributed by atoms with van der Waals surface area (Å²) in [5, 5.41) is 8.44. The minimum absolute atomic E-state index is 0.546. The van der Waals surface area contributed by atoms with E-state index in [-0.39, 0.29) is 0 Å². The van der Waals surface area contributed by atoms with Crippen molar-refractivity contribution in [3.05, 3.63) is 12.7 Å². The lowest BCUT2D eigenvalue weighted by molar-refractivity contribution is -0.304. The molecule has 0 bridgehead atoms. The van der Waals surface area contributed by atoms with Gasteiger partial charge in [0.2, 0.25) is 0 Å². The van der Waals surface area contributed by atoms with Gasteiger partial charge in [-0.1, -0.05) is 25.8 Å². The molecule has 1 N–H and O–H groups in total. The van der Waals surface area contributed by atoms with E-state index in [1.165, 1.54) is 0 Å². The second kappa shape index (κ2) is 4.47. The molecule has 0 aliphatic heterocycles. The lowest BCUT2D eigenvalue weighted by atomic mass is 10.00. The number of unbranched alkanes of at least 4 members (excludes halogenated alkanes) is 1. The third-order valence-corrected chi connectivity index (χ3v) is 1.67. The molecule has 0 aromatic heterocycles. The lowest BCUT2D eigenvalue weighted by Gasteiger charge is -2.20. The van der Waals surface area contributed by atoms with Gasteiger partial charge in [0.15, 0.2) is 0 Å². The lowest BCUT2D eigenvalue weighted by Crippen LogP contribution is -2.23. The molecule has 1 atom stereocenters. The van der Waals surface area contributed by atoms with Gasteiger partial charge in [-0.25, -0.2) is 4.89 Å². The van der Waals surface area contributed by atoms with Crippen LogP contribution in [0.5, 0.6) is 0 Å². The minimum atomic E-state index is -0.546. The number of rotatable bonds is 5. The monoisotopic (exact) mass is 144 g/mol. The van der Waals surface area contributed by atoms with Gasteiger partial charge in [0.25, 0.3) is 0 Å². The molecule has 0 fully saturated rings. The molecule has 0 saturated heterocycles. The molecule has 0 heterocycles. The van der Waals surface area contributed by atoms with Gasteiger partial charge in [-0.3, -0.25) is 5.26 Å². The smallest absolute Gasteiger partial charge is 0.118 e. The summed E-state index contributed by atoms with van der Waals surface area (Å²) in [6.45, 7) is 7.48. The molecular weight excluding hydrogens is 128 g/mol. The quantitative estimate of drug-likeness (QED) is 0.365. The van der Waals surface area contributed by atoms with Gasteiger partial charge in [-0.15, -0.1) is 6.58 Å². The Balaban J connectivity index is 3.68. The van der Waals surface area contributed by atoms with E-state index in [9.17, 15) is 0 Å². The highest BCUT2D eigenvalue weighted by atomic mass is 17.1. The molecule has 0 spiro atoms. The molecule has 0 rings (SSSR count). The highest BCUT2D eigenvalue weighted by Crippen LogP contribution is 2.18. The highest BCUT2D eigenvalue weighted by Gasteiger charge is 2.19. The summed E-state index contributed by atoms with van der Waals surface area (Å²) in [5.74, 6) is 0. The fourth-order valence-electron chi connectivity index (χ4n) is 0.713. The molecular formula is C8H16O2. The molecule has 1 unspecified atom stereocenters.